The minimum atomic E-state index is -1.52. The number of anilines is 1. The van der Waals surface area contributed by atoms with Crippen LogP contribution in [0, 0.1) is 30.0 Å². The number of aryl methyl sites for hydroxylation is 2. The smallest absolute Gasteiger partial charge is 0.249 e. The number of hydrogen-bond donors (Lipinski definition) is 1. The lowest BCUT2D eigenvalue weighted by molar-refractivity contribution is -0.117. The first-order chi connectivity index (χ1) is 12.4. The molecule has 3 aromatic rings. The highest BCUT2D eigenvalue weighted by molar-refractivity contribution is 6.19. The molecule has 0 saturated carbocycles. The topological polar surface area (TPSA) is 74.9 Å². The van der Waals surface area contributed by atoms with Gasteiger partial charge in [-0.25, -0.2) is 4.39 Å². The van der Waals surface area contributed by atoms with Crippen molar-refractivity contribution in [1.82, 2.24) is 4.57 Å². The van der Waals surface area contributed by atoms with Gasteiger partial charge in [0.2, 0.25) is 5.91 Å². The van der Waals surface area contributed by atoms with E-state index in [2.05, 4.69) is 5.32 Å². The number of fused-ring (bicyclic) bond motifs is 1. The molecule has 1 amide bonds. The van der Waals surface area contributed by atoms with Gasteiger partial charge in [0.1, 0.15) is 5.82 Å². The van der Waals surface area contributed by atoms with Crippen molar-refractivity contribution in [3.63, 3.8) is 0 Å². The Morgan fingerprint density at radius 1 is 1.23 bits per heavy atom. The van der Waals surface area contributed by atoms with Crippen LogP contribution < -0.4 is 5.32 Å². The maximum Gasteiger partial charge on any atom is 0.249 e. The Balaban J connectivity index is 1.93. The molecule has 0 bridgehead atoms. The summed E-state index contributed by atoms with van der Waals surface area (Å²) in [7, 11) is 1.71. The fraction of sp³-hybridized carbons (Fsp3) is 0.150. The van der Waals surface area contributed by atoms with Gasteiger partial charge in [-0.15, -0.1) is 0 Å². The fourth-order valence-corrected chi connectivity index (χ4v) is 2.89. The zero-order valence-corrected chi connectivity index (χ0v) is 14.3. The first kappa shape index (κ1) is 17.4. The third-order valence-corrected chi connectivity index (χ3v) is 4.16. The van der Waals surface area contributed by atoms with E-state index in [9.17, 15) is 19.2 Å². The average molecular weight is 349 g/mol. The number of nitriles is 1. The van der Waals surface area contributed by atoms with Gasteiger partial charge in [-0.05, 0) is 42.8 Å². The summed E-state index contributed by atoms with van der Waals surface area (Å²) < 4.78 is 15.3. The molecule has 0 aliphatic heterocycles. The lowest BCUT2D eigenvalue weighted by atomic mass is 9.97. The van der Waals surface area contributed by atoms with Crippen molar-refractivity contribution in [3.8, 4) is 6.07 Å². The molecular weight excluding hydrogens is 333 g/mol. The molecule has 0 unspecified atom stereocenters. The SMILES string of the molecule is Cc1cccc(NC(=O)[C@@H](C#N)C(=O)c2cn(C)c3ccc(F)cc23)c1. The maximum atomic E-state index is 13.6. The Bertz CT molecular complexity index is 1060. The number of aromatic nitrogens is 1. The van der Waals surface area contributed by atoms with Gasteiger partial charge >= 0.3 is 0 Å². The van der Waals surface area contributed by atoms with Crippen molar-refractivity contribution in [2.24, 2.45) is 13.0 Å². The monoisotopic (exact) mass is 349 g/mol. The minimum Gasteiger partial charge on any atom is -0.350 e. The maximum absolute atomic E-state index is 13.6. The summed E-state index contributed by atoms with van der Waals surface area (Å²) in [6.07, 6.45) is 1.51. The zero-order chi connectivity index (χ0) is 18.8. The standard InChI is InChI=1S/C20H16FN3O2/c1-12-4-3-5-14(8-12)23-20(26)16(10-22)19(25)17-11-24(2)18-7-6-13(21)9-15(17)18/h3-9,11,16H,1-2H3,(H,23,26)/t16-/m0/s1. The number of nitrogens with one attached hydrogen (secondary N) is 1. The van der Waals surface area contributed by atoms with Crippen molar-refractivity contribution in [2.75, 3.05) is 5.32 Å². The molecule has 0 spiro atoms. The van der Waals surface area contributed by atoms with Crippen LogP contribution in [0.2, 0.25) is 0 Å². The molecule has 2 aromatic carbocycles. The predicted molar refractivity (Wildman–Crippen MR) is 96.1 cm³/mol. The molecule has 130 valence electrons. The summed E-state index contributed by atoms with van der Waals surface area (Å²) in [5, 5.41) is 12.3. The molecule has 26 heavy (non-hydrogen) atoms. The normalized spacial score (nSPS) is 11.8. The van der Waals surface area contributed by atoms with Gasteiger partial charge < -0.3 is 9.88 Å². The summed E-state index contributed by atoms with van der Waals surface area (Å²) >= 11 is 0. The largest absolute Gasteiger partial charge is 0.350 e. The first-order valence-corrected chi connectivity index (χ1v) is 7.96. The summed E-state index contributed by atoms with van der Waals surface area (Å²) in [6.45, 7) is 1.87. The van der Waals surface area contributed by atoms with E-state index >= 15 is 0 Å². The molecule has 0 fully saturated rings. The van der Waals surface area contributed by atoms with Gasteiger partial charge in [0.25, 0.3) is 0 Å². The highest BCUT2D eigenvalue weighted by Gasteiger charge is 2.30. The van der Waals surface area contributed by atoms with Crippen LogP contribution in [0.25, 0.3) is 10.9 Å². The van der Waals surface area contributed by atoms with E-state index in [4.69, 9.17) is 0 Å². The number of nitrogens with zero attached hydrogens (tertiary/aromatic N) is 2. The van der Waals surface area contributed by atoms with E-state index in [-0.39, 0.29) is 5.56 Å². The van der Waals surface area contributed by atoms with Crippen LogP contribution in [0.15, 0.2) is 48.7 Å². The minimum absolute atomic E-state index is 0.146. The number of rotatable bonds is 4. The van der Waals surface area contributed by atoms with Gasteiger partial charge in [-0.1, -0.05) is 12.1 Å². The molecule has 3 rings (SSSR count). The second-order valence-electron chi connectivity index (χ2n) is 6.10. The number of ketones is 1. The third kappa shape index (κ3) is 3.20. The van der Waals surface area contributed by atoms with Crippen LogP contribution in [0.4, 0.5) is 10.1 Å². The molecule has 1 atom stereocenters. The summed E-state index contributed by atoms with van der Waals surface area (Å²) in [4.78, 5) is 25.2. The highest BCUT2D eigenvalue weighted by atomic mass is 19.1. The van der Waals surface area contributed by atoms with Crippen LogP contribution in [-0.4, -0.2) is 16.3 Å². The van der Waals surface area contributed by atoms with Crippen molar-refractivity contribution in [2.45, 2.75) is 6.92 Å². The van der Waals surface area contributed by atoms with Crippen LogP contribution in [0.1, 0.15) is 15.9 Å². The Labute approximate surface area is 149 Å². The summed E-state index contributed by atoms with van der Waals surface area (Å²) in [5.74, 6) is -3.38. The van der Waals surface area contributed by atoms with Crippen molar-refractivity contribution in [1.29, 1.82) is 5.26 Å². The van der Waals surface area contributed by atoms with E-state index in [0.29, 0.717) is 16.6 Å². The molecule has 1 N–H and O–H groups in total. The fourth-order valence-electron chi connectivity index (χ4n) is 2.89. The predicted octanol–water partition coefficient (Wildman–Crippen LogP) is 3.59. The van der Waals surface area contributed by atoms with Crippen molar-refractivity contribution >= 4 is 28.3 Å². The van der Waals surface area contributed by atoms with Crippen LogP contribution >= 0.6 is 0 Å². The zero-order valence-electron chi connectivity index (χ0n) is 14.3. The molecule has 6 heteroatoms. The number of amides is 1. The number of Topliss-reactive ketones (excluding diaryl/α,β-unsaturated/α-hetero) is 1. The molecule has 1 aromatic heterocycles. The number of carbonyl (C=O) groups excluding carboxylic acids is 2. The molecule has 5 nitrogen and oxygen atoms in total. The van der Waals surface area contributed by atoms with Gasteiger partial charge in [0.05, 0.1) is 6.07 Å². The van der Waals surface area contributed by atoms with Crippen LogP contribution in [0.5, 0.6) is 0 Å². The van der Waals surface area contributed by atoms with E-state index in [1.54, 1.807) is 41.9 Å². The molecule has 0 aliphatic rings. The van der Waals surface area contributed by atoms with Crippen molar-refractivity contribution < 1.29 is 14.0 Å². The molecule has 0 saturated heterocycles. The molecular formula is C20H16FN3O2. The van der Waals surface area contributed by atoms with Gasteiger partial charge in [0, 0.05) is 35.4 Å². The lowest BCUT2D eigenvalue weighted by Gasteiger charge is -2.10. The van der Waals surface area contributed by atoms with Gasteiger partial charge in [0.15, 0.2) is 11.7 Å². The molecule has 0 aliphatic carbocycles. The van der Waals surface area contributed by atoms with E-state index in [0.717, 1.165) is 5.56 Å². The third-order valence-electron chi connectivity index (χ3n) is 4.16. The van der Waals surface area contributed by atoms with Gasteiger partial charge in [-0.2, -0.15) is 5.26 Å². The lowest BCUT2D eigenvalue weighted by Crippen LogP contribution is -2.28. The van der Waals surface area contributed by atoms with Crippen molar-refractivity contribution in [3.05, 3.63) is 65.6 Å². The van der Waals surface area contributed by atoms with Crippen LogP contribution in [0.3, 0.4) is 0 Å². The molecule has 1 heterocycles. The Morgan fingerprint density at radius 2 is 2.00 bits per heavy atom. The number of carbonyl (C=O) groups is 2. The summed E-state index contributed by atoms with van der Waals surface area (Å²) in [6, 6.07) is 12.9. The highest BCUT2D eigenvalue weighted by Crippen LogP contribution is 2.24. The average Bonchev–Trinajstić information content (AvgIpc) is 2.91. The second-order valence-corrected chi connectivity index (χ2v) is 6.10. The number of halogens is 1. The number of hydrogen-bond acceptors (Lipinski definition) is 3. The Morgan fingerprint density at radius 3 is 2.69 bits per heavy atom. The summed E-state index contributed by atoms with van der Waals surface area (Å²) in [5.41, 5.74) is 2.23. The van der Waals surface area contributed by atoms with E-state index in [1.807, 2.05) is 13.0 Å². The Kier molecular flexibility index (Phi) is 4.55. The first-order valence-electron chi connectivity index (χ1n) is 7.96. The number of benzene rings is 2. The quantitative estimate of drug-likeness (QED) is 0.578. The Hall–Kier alpha value is -3.46. The van der Waals surface area contributed by atoms with Crippen LogP contribution in [-0.2, 0) is 11.8 Å². The molecule has 0 radical (unpaired) electrons. The van der Waals surface area contributed by atoms with Gasteiger partial charge in [-0.3, -0.25) is 9.59 Å². The van der Waals surface area contributed by atoms with E-state index < -0.39 is 23.4 Å². The van der Waals surface area contributed by atoms with E-state index in [1.165, 1.54) is 18.3 Å². The second kappa shape index (κ2) is 6.81.